The fourth-order valence-corrected chi connectivity index (χ4v) is 3.60. The van der Waals surface area contributed by atoms with E-state index in [1.54, 1.807) is 34.8 Å². The molecule has 2 heterocycles. The van der Waals surface area contributed by atoms with Crippen LogP contribution in [0.5, 0.6) is 0 Å². The Bertz CT molecular complexity index is 757. The standard InChI is InChI=1S/C19H19N3O2S2/c23-18(20-12-16-3-1-9-25-16)11-14-5-7-15(8-6-14)22-19(24)21-13-17-4-2-10-26-17/h1-10H,11-13H2,(H,20,23)(H2,21,22,24). The van der Waals surface area contributed by atoms with Crippen molar-refractivity contribution in [2.45, 2.75) is 19.5 Å². The first-order valence-electron chi connectivity index (χ1n) is 8.14. The number of carbonyl (C=O) groups excluding carboxylic acids is 2. The summed E-state index contributed by atoms with van der Waals surface area (Å²) in [7, 11) is 0. The minimum atomic E-state index is -0.250. The molecule has 0 aliphatic rings. The van der Waals surface area contributed by atoms with Gasteiger partial charge in [-0.3, -0.25) is 4.79 Å². The molecule has 7 heteroatoms. The normalized spacial score (nSPS) is 10.3. The van der Waals surface area contributed by atoms with Gasteiger partial charge in [0.05, 0.1) is 19.5 Å². The van der Waals surface area contributed by atoms with Gasteiger partial charge in [-0.15, -0.1) is 22.7 Å². The van der Waals surface area contributed by atoms with Gasteiger partial charge in [0.1, 0.15) is 0 Å². The Balaban J connectivity index is 1.42. The van der Waals surface area contributed by atoms with Gasteiger partial charge in [0.15, 0.2) is 0 Å². The summed E-state index contributed by atoms with van der Waals surface area (Å²) in [6, 6.07) is 14.9. The molecule has 0 fully saturated rings. The second kappa shape index (κ2) is 9.17. The van der Waals surface area contributed by atoms with Crippen LogP contribution in [0.4, 0.5) is 10.5 Å². The van der Waals surface area contributed by atoms with E-state index in [1.807, 2.05) is 47.2 Å². The molecule has 0 saturated heterocycles. The number of thiophene rings is 2. The van der Waals surface area contributed by atoms with Crippen LogP contribution in [0.2, 0.25) is 0 Å². The van der Waals surface area contributed by atoms with Crippen molar-refractivity contribution in [3.63, 3.8) is 0 Å². The minimum Gasteiger partial charge on any atom is -0.351 e. The lowest BCUT2D eigenvalue weighted by Crippen LogP contribution is -2.27. The smallest absolute Gasteiger partial charge is 0.319 e. The number of rotatable bonds is 7. The van der Waals surface area contributed by atoms with E-state index in [0.29, 0.717) is 25.2 Å². The van der Waals surface area contributed by atoms with Gasteiger partial charge in [0.25, 0.3) is 0 Å². The molecule has 0 radical (unpaired) electrons. The molecule has 2 aromatic heterocycles. The Labute approximate surface area is 160 Å². The number of carbonyl (C=O) groups is 2. The number of anilines is 1. The third-order valence-electron chi connectivity index (χ3n) is 3.62. The van der Waals surface area contributed by atoms with E-state index in [0.717, 1.165) is 15.3 Å². The molecular weight excluding hydrogens is 366 g/mol. The molecule has 0 unspecified atom stereocenters. The molecule has 26 heavy (non-hydrogen) atoms. The summed E-state index contributed by atoms with van der Waals surface area (Å²) in [5, 5.41) is 12.5. The molecule has 134 valence electrons. The molecule has 0 spiro atoms. The summed E-state index contributed by atoms with van der Waals surface area (Å²) >= 11 is 3.22. The average Bonchev–Trinajstić information content (AvgIpc) is 3.34. The van der Waals surface area contributed by atoms with E-state index in [4.69, 9.17) is 0 Å². The summed E-state index contributed by atoms with van der Waals surface area (Å²) in [5.74, 6) is -0.0206. The van der Waals surface area contributed by atoms with Crippen molar-refractivity contribution >= 4 is 40.3 Å². The lowest BCUT2D eigenvalue weighted by molar-refractivity contribution is -0.120. The molecule has 0 aliphatic heterocycles. The molecule has 1 aromatic carbocycles. The summed E-state index contributed by atoms with van der Waals surface area (Å²) in [4.78, 5) is 26.1. The third-order valence-corrected chi connectivity index (χ3v) is 5.37. The molecule has 3 N–H and O–H groups in total. The molecule has 0 bridgehead atoms. The molecule has 0 atom stereocenters. The van der Waals surface area contributed by atoms with Crippen LogP contribution < -0.4 is 16.0 Å². The quantitative estimate of drug-likeness (QED) is 0.575. The maximum atomic E-state index is 12.0. The summed E-state index contributed by atoms with van der Waals surface area (Å²) in [6.45, 7) is 1.06. The summed E-state index contributed by atoms with van der Waals surface area (Å²) in [6.07, 6.45) is 0.316. The van der Waals surface area contributed by atoms with E-state index in [2.05, 4.69) is 16.0 Å². The molecule has 3 amide bonds. The predicted octanol–water partition coefficient (Wildman–Crippen LogP) is 3.99. The maximum Gasteiger partial charge on any atom is 0.319 e. The molecule has 3 rings (SSSR count). The van der Waals surface area contributed by atoms with E-state index in [9.17, 15) is 9.59 Å². The first kappa shape index (κ1) is 18.2. The van der Waals surface area contributed by atoms with Gasteiger partial charge in [-0.05, 0) is 40.6 Å². The number of hydrogen-bond acceptors (Lipinski definition) is 4. The number of urea groups is 1. The van der Waals surface area contributed by atoms with Gasteiger partial charge in [-0.1, -0.05) is 24.3 Å². The topological polar surface area (TPSA) is 70.2 Å². The first-order valence-corrected chi connectivity index (χ1v) is 9.90. The Morgan fingerprint density at radius 2 is 1.42 bits per heavy atom. The van der Waals surface area contributed by atoms with Gasteiger partial charge in [-0.25, -0.2) is 4.79 Å². The van der Waals surface area contributed by atoms with Crippen LogP contribution in [0.1, 0.15) is 15.3 Å². The van der Waals surface area contributed by atoms with Crippen molar-refractivity contribution in [1.29, 1.82) is 0 Å². The molecule has 0 aliphatic carbocycles. The van der Waals surface area contributed by atoms with Gasteiger partial charge >= 0.3 is 6.03 Å². The zero-order valence-electron chi connectivity index (χ0n) is 14.0. The largest absolute Gasteiger partial charge is 0.351 e. The summed E-state index contributed by atoms with van der Waals surface area (Å²) in [5.41, 5.74) is 1.59. The highest BCUT2D eigenvalue weighted by Crippen LogP contribution is 2.12. The van der Waals surface area contributed by atoms with E-state index in [1.165, 1.54) is 0 Å². The van der Waals surface area contributed by atoms with Gasteiger partial charge < -0.3 is 16.0 Å². The highest BCUT2D eigenvalue weighted by atomic mass is 32.1. The van der Waals surface area contributed by atoms with Crippen molar-refractivity contribution in [3.05, 3.63) is 74.6 Å². The highest BCUT2D eigenvalue weighted by molar-refractivity contribution is 7.10. The lowest BCUT2D eigenvalue weighted by Gasteiger charge is -2.08. The molecule has 5 nitrogen and oxygen atoms in total. The van der Waals surface area contributed by atoms with Crippen LogP contribution in [0, 0.1) is 0 Å². The van der Waals surface area contributed by atoms with Crippen molar-refractivity contribution in [2.75, 3.05) is 5.32 Å². The lowest BCUT2D eigenvalue weighted by atomic mass is 10.1. The van der Waals surface area contributed by atoms with E-state index >= 15 is 0 Å². The maximum absolute atomic E-state index is 12.0. The van der Waals surface area contributed by atoms with Crippen molar-refractivity contribution in [2.24, 2.45) is 0 Å². The SMILES string of the molecule is O=C(Cc1ccc(NC(=O)NCc2cccs2)cc1)NCc1cccs1. The van der Waals surface area contributed by atoms with Crippen LogP contribution in [0.15, 0.2) is 59.3 Å². The first-order chi connectivity index (χ1) is 12.7. The second-order valence-corrected chi connectivity index (χ2v) is 7.68. The van der Waals surface area contributed by atoms with Gasteiger partial charge in [0.2, 0.25) is 5.91 Å². The average molecular weight is 386 g/mol. The Kier molecular flexibility index (Phi) is 6.40. The van der Waals surface area contributed by atoms with Gasteiger partial charge in [0, 0.05) is 15.4 Å². The second-order valence-electron chi connectivity index (χ2n) is 5.62. The Hall–Kier alpha value is -2.64. The zero-order valence-corrected chi connectivity index (χ0v) is 15.7. The van der Waals surface area contributed by atoms with Gasteiger partial charge in [-0.2, -0.15) is 0 Å². The number of benzene rings is 1. The van der Waals surface area contributed by atoms with Crippen LogP contribution in [0.25, 0.3) is 0 Å². The van der Waals surface area contributed by atoms with Crippen LogP contribution in [0.3, 0.4) is 0 Å². The van der Waals surface area contributed by atoms with Crippen molar-refractivity contribution in [1.82, 2.24) is 10.6 Å². The minimum absolute atomic E-state index is 0.0206. The highest BCUT2D eigenvalue weighted by Gasteiger charge is 2.06. The molecular formula is C19H19N3O2S2. The third kappa shape index (κ3) is 5.72. The molecule has 0 saturated carbocycles. The van der Waals surface area contributed by atoms with Crippen LogP contribution in [-0.4, -0.2) is 11.9 Å². The van der Waals surface area contributed by atoms with E-state index in [-0.39, 0.29) is 11.9 Å². The predicted molar refractivity (Wildman–Crippen MR) is 106 cm³/mol. The Morgan fingerprint density at radius 3 is 2.00 bits per heavy atom. The number of hydrogen-bond donors (Lipinski definition) is 3. The van der Waals surface area contributed by atoms with Crippen LogP contribution >= 0.6 is 22.7 Å². The van der Waals surface area contributed by atoms with Crippen LogP contribution in [-0.2, 0) is 24.3 Å². The summed E-state index contributed by atoms with van der Waals surface area (Å²) < 4.78 is 0. The fourth-order valence-electron chi connectivity index (χ4n) is 2.31. The Morgan fingerprint density at radius 1 is 0.808 bits per heavy atom. The zero-order chi connectivity index (χ0) is 18.2. The monoisotopic (exact) mass is 385 g/mol. The fraction of sp³-hybridized carbons (Fsp3) is 0.158. The van der Waals surface area contributed by atoms with Crippen molar-refractivity contribution in [3.8, 4) is 0 Å². The number of amides is 3. The molecule has 3 aromatic rings. The number of nitrogens with one attached hydrogen (secondary N) is 3. The van der Waals surface area contributed by atoms with E-state index < -0.39 is 0 Å². The van der Waals surface area contributed by atoms with Crippen molar-refractivity contribution < 1.29 is 9.59 Å².